The Morgan fingerprint density at radius 1 is 1.11 bits per heavy atom. The Hall–Kier alpha value is -1.70. The number of rotatable bonds is 9. The molecule has 1 saturated heterocycles. The average molecular weight is 373 g/mol. The topological polar surface area (TPSA) is 76.1 Å². The number of aliphatic hydroxyl groups excluding tert-OH is 1. The molecular weight excluding hydrogens is 345 g/mol. The lowest BCUT2D eigenvalue weighted by atomic mass is 9.92. The highest BCUT2D eigenvalue weighted by atomic mass is 16.6. The third kappa shape index (κ3) is 4.26. The number of nitrogens with zero attached hydrogens (tertiary/aromatic N) is 1. The molecule has 1 aromatic rings. The smallest absolute Gasteiger partial charge is 0.261 e. The van der Waals surface area contributed by atoms with E-state index in [9.17, 15) is 14.7 Å². The maximum Gasteiger partial charge on any atom is 0.261 e. The first-order valence-corrected chi connectivity index (χ1v) is 9.95. The molecule has 0 bridgehead atoms. The van der Waals surface area contributed by atoms with E-state index in [0.717, 1.165) is 32.1 Å². The molecule has 27 heavy (non-hydrogen) atoms. The zero-order valence-corrected chi connectivity index (χ0v) is 16.1. The summed E-state index contributed by atoms with van der Waals surface area (Å²) in [5, 5.41) is 10.2. The normalized spacial score (nSPS) is 27.4. The summed E-state index contributed by atoms with van der Waals surface area (Å²) in [4.78, 5) is 25.9. The average Bonchev–Trinajstić information content (AvgIpc) is 3.09. The van der Waals surface area contributed by atoms with Gasteiger partial charge in [-0.2, -0.15) is 0 Å². The molecule has 4 atom stereocenters. The van der Waals surface area contributed by atoms with E-state index in [1.54, 1.807) is 24.3 Å². The van der Waals surface area contributed by atoms with Gasteiger partial charge in [0.1, 0.15) is 20.1 Å². The second-order valence-corrected chi connectivity index (χ2v) is 7.34. The largest absolute Gasteiger partial charge is 0.388 e. The van der Waals surface area contributed by atoms with Gasteiger partial charge in [0.15, 0.2) is 0 Å². The van der Waals surface area contributed by atoms with E-state index in [1.807, 2.05) is 14.8 Å². The van der Waals surface area contributed by atoms with Crippen molar-refractivity contribution in [2.45, 2.75) is 63.3 Å². The second kappa shape index (κ2) is 9.00. The van der Waals surface area contributed by atoms with Gasteiger partial charge >= 0.3 is 0 Å². The number of hydrogen-bond acceptors (Lipinski definition) is 5. The zero-order valence-electron chi connectivity index (χ0n) is 16.1. The standard InChI is InChI=1S/C20H28BNO5/c1-2-15-16(23)17(18(21)27-15)26-12-8-4-3-7-11-22-19(24)13-9-5-6-10-14(13)20(22)25/h5-6,9-10,15-18,23H,2-4,7-8,11-12,21H2,1H3/t15-,16?,17+,18-/m1/s1. The molecule has 0 spiro atoms. The van der Waals surface area contributed by atoms with Crippen LogP contribution in [0.2, 0.25) is 0 Å². The molecule has 146 valence electrons. The molecular formula is C20H28BNO5. The lowest BCUT2D eigenvalue weighted by Crippen LogP contribution is -2.35. The van der Waals surface area contributed by atoms with Gasteiger partial charge in [-0.15, -0.1) is 0 Å². The summed E-state index contributed by atoms with van der Waals surface area (Å²) in [6.07, 6.45) is 3.38. The van der Waals surface area contributed by atoms with E-state index in [2.05, 4.69) is 0 Å². The van der Waals surface area contributed by atoms with Crippen molar-refractivity contribution in [3.63, 3.8) is 0 Å². The molecule has 6 nitrogen and oxygen atoms in total. The van der Waals surface area contributed by atoms with Gasteiger partial charge < -0.3 is 14.6 Å². The van der Waals surface area contributed by atoms with Crippen LogP contribution in [0, 0.1) is 0 Å². The van der Waals surface area contributed by atoms with Crippen molar-refractivity contribution < 1.29 is 24.2 Å². The van der Waals surface area contributed by atoms with E-state index in [4.69, 9.17) is 9.47 Å². The predicted molar refractivity (Wildman–Crippen MR) is 104 cm³/mol. The first-order valence-electron chi connectivity index (χ1n) is 9.95. The van der Waals surface area contributed by atoms with Crippen LogP contribution in [0.4, 0.5) is 0 Å². The molecule has 0 aliphatic carbocycles. The highest BCUT2D eigenvalue weighted by Crippen LogP contribution is 2.25. The predicted octanol–water partition coefficient (Wildman–Crippen LogP) is 1.36. The van der Waals surface area contributed by atoms with Gasteiger partial charge in [0.05, 0.1) is 23.2 Å². The van der Waals surface area contributed by atoms with Crippen LogP contribution in [-0.4, -0.2) is 67.1 Å². The molecule has 2 aliphatic heterocycles. The van der Waals surface area contributed by atoms with E-state index in [1.165, 1.54) is 4.90 Å². The fourth-order valence-electron chi connectivity index (χ4n) is 3.88. The number of amides is 2. The molecule has 2 aliphatic rings. The van der Waals surface area contributed by atoms with Crippen LogP contribution in [0.15, 0.2) is 24.3 Å². The molecule has 0 radical (unpaired) electrons. The quantitative estimate of drug-likeness (QED) is 0.402. The lowest BCUT2D eigenvalue weighted by molar-refractivity contribution is -0.0233. The molecule has 1 unspecified atom stereocenters. The molecule has 0 aromatic heterocycles. The van der Waals surface area contributed by atoms with E-state index in [-0.39, 0.29) is 30.0 Å². The van der Waals surface area contributed by atoms with E-state index >= 15 is 0 Å². The van der Waals surface area contributed by atoms with Gasteiger partial charge in [-0.25, -0.2) is 0 Å². The third-order valence-corrected chi connectivity index (χ3v) is 5.44. The summed E-state index contributed by atoms with van der Waals surface area (Å²) < 4.78 is 11.5. The van der Waals surface area contributed by atoms with Crippen LogP contribution in [0.25, 0.3) is 0 Å². The van der Waals surface area contributed by atoms with Gasteiger partial charge in [-0.05, 0) is 31.4 Å². The maximum atomic E-state index is 12.3. The molecule has 2 heterocycles. The number of aliphatic hydroxyl groups is 1. The Labute approximate surface area is 161 Å². The molecule has 1 fully saturated rings. The Bertz CT molecular complexity index is 647. The lowest BCUT2D eigenvalue weighted by Gasteiger charge is -2.19. The molecule has 1 aromatic carbocycles. The Kier molecular flexibility index (Phi) is 6.68. The summed E-state index contributed by atoms with van der Waals surface area (Å²) in [5.74, 6) is -0.373. The SMILES string of the molecule is B[C@@H]1O[C@H](CC)C(O)[C@@H]1OCCCCCCN1C(=O)c2ccccc2C1=O. The molecule has 2 amide bonds. The fraction of sp³-hybridized carbons (Fsp3) is 0.600. The minimum atomic E-state index is -0.557. The fourth-order valence-corrected chi connectivity index (χ4v) is 3.88. The van der Waals surface area contributed by atoms with Gasteiger partial charge in [0, 0.05) is 13.2 Å². The Balaban J connectivity index is 1.32. The van der Waals surface area contributed by atoms with Gasteiger partial charge in [-0.1, -0.05) is 31.9 Å². The number of hydrogen-bond donors (Lipinski definition) is 1. The Morgan fingerprint density at radius 2 is 1.74 bits per heavy atom. The Morgan fingerprint density at radius 3 is 2.33 bits per heavy atom. The number of carbonyl (C=O) groups is 2. The van der Waals surface area contributed by atoms with Crippen LogP contribution < -0.4 is 0 Å². The van der Waals surface area contributed by atoms with Crippen molar-refractivity contribution in [2.75, 3.05) is 13.2 Å². The van der Waals surface area contributed by atoms with E-state index in [0.29, 0.717) is 24.3 Å². The summed E-state index contributed by atoms with van der Waals surface area (Å²) in [6.45, 7) is 3.04. The molecule has 1 N–H and O–H groups in total. The molecule has 3 rings (SSSR count). The number of imide groups is 1. The van der Waals surface area contributed by atoms with Crippen LogP contribution in [-0.2, 0) is 9.47 Å². The maximum absolute atomic E-state index is 12.3. The monoisotopic (exact) mass is 373 g/mol. The second-order valence-electron chi connectivity index (χ2n) is 7.34. The van der Waals surface area contributed by atoms with Crippen molar-refractivity contribution in [1.82, 2.24) is 4.90 Å². The molecule has 7 heteroatoms. The molecule has 0 saturated carbocycles. The highest BCUT2D eigenvalue weighted by molar-refractivity contribution is 6.21. The van der Waals surface area contributed by atoms with Crippen molar-refractivity contribution in [3.05, 3.63) is 35.4 Å². The van der Waals surface area contributed by atoms with E-state index < -0.39 is 6.10 Å². The minimum Gasteiger partial charge on any atom is -0.388 e. The number of fused-ring (bicyclic) bond motifs is 1. The van der Waals surface area contributed by atoms with Crippen LogP contribution >= 0.6 is 0 Å². The number of ether oxygens (including phenoxy) is 2. The highest BCUT2D eigenvalue weighted by Gasteiger charge is 2.40. The van der Waals surface area contributed by atoms with Crippen LogP contribution in [0.5, 0.6) is 0 Å². The van der Waals surface area contributed by atoms with Gasteiger partial charge in [-0.3, -0.25) is 14.5 Å². The number of unbranched alkanes of at least 4 members (excludes halogenated alkanes) is 3. The summed E-state index contributed by atoms with van der Waals surface area (Å²) in [5.41, 5.74) is 1.01. The first-order chi connectivity index (χ1) is 13.0. The summed E-state index contributed by atoms with van der Waals surface area (Å²) in [6, 6.07) is 6.89. The van der Waals surface area contributed by atoms with Crippen LogP contribution in [0.1, 0.15) is 59.7 Å². The zero-order chi connectivity index (χ0) is 19.4. The first kappa shape index (κ1) is 20.0. The number of benzene rings is 1. The van der Waals surface area contributed by atoms with Crippen molar-refractivity contribution in [2.24, 2.45) is 0 Å². The summed E-state index contributed by atoms with van der Waals surface area (Å²) in [7, 11) is 1.94. The van der Waals surface area contributed by atoms with Gasteiger partial charge in [0.25, 0.3) is 11.8 Å². The number of carbonyl (C=O) groups excluding carboxylic acids is 2. The summed E-state index contributed by atoms with van der Waals surface area (Å²) >= 11 is 0. The van der Waals surface area contributed by atoms with Crippen LogP contribution in [0.3, 0.4) is 0 Å². The third-order valence-electron chi connectivity index (χ3n) is 5.44. The van der Waals surface area contributed by atoms with Crippen molar-refractivity contribution in [3.8, 4) is 0 Å². The van der Waals surface area contributed by atoms with Crippen molar-refractivity contribution in [1.29, 1.82) is 0 Å². The minimum absolute atomic E-state index is 0.0845. The van der Waals surface area contributed by atoms with Gasteiger partial charge in [0.2, 0.25) is 0 Å². The van der Waals surface area contributed by atoms with Crippen molar-refractivity contribution >= 4 is 19.7 Å².